The van der Waals surface area contributed by atoms with Crippen LogP contribution in [0.1, 0.15) is 38.9 Å². The van der Waals surface area contributed by atoms with Gasteiger partial charge in [-0.1, -0.05) is 26.0 Å². The second-order valence-electron chi connectivity index (χ2n) is 4.72. The highest BCUT2D eigenvalue weighted by Crippen LogP contribution is 2.08. The van der Waals surface area contributed by atoms with Gasteiger partial charge in [0.2, 0.25) is 5.91 Å². The van der Waals surface area contributed by atoms with Crippen molar-refractivity contribution in [3.05, 3.63) is 40.4 Å². The molecule has 0 fully saturated rings. The van der Waals surface area contributed by atoms with Crippen LogP contribution in [0.4, 0.5) is 0 Å². The Labute approximate surface area is 117 Å². The van der Waals surface area contributed by atoms with E-state index in [1.165, 1.54) is 4.68 Å². The van der Waals surface area contributed by atoms with Crippen LogP contribution in [0.5, 0.6) is 0 Å². The van der Waals surface area contributed by atoms with E-state index in [0.717, 1.165) is 12.8 Å². The maximum Gasteiger partial charge on any atom is 0.280 e. The van der Waals surface area contributed by atoms with E-state index in [2.05, 4.69) is 10.4 Å². The van der Waals surface area contributed by atoms with Crippen LogP contribution in [-0.4, -0.2) is 15.6 Å². The van der Waals surface area contributed by atoms with E-state index in [1.807, 2.05) is 26.0 Å². The first-order valence-electron chi connectivity index (χ1n) is 6.97. The number of carbonyl (C=O) groups is 1. The van der Waals surface area contributed by atoms with Crippen molar-refractivity contribution >= 4 is 16.8 Å². The lowest BCUT2D eigenvalue weighted by Crippen LogP contribution is -2.36. The van der Waals surface area contributed by atoms with Crippen LogP contribution in [0.15, 0.2) is 29.1 Å². The zero-order chi connectivity index (χ0) is 14.5. The molecule has 1 amide bonds. The van der Waals surface area contributed by atoms with Crippen LogP contribution >= 0.6 is 0 Å². The summed E-state index contributed by atoms with van der Waals surface area (Å²) in [6.07, 6.45) is 2.64. The van der Waals surface area contributed by atoms with Gasteiger partial charge in [0.25, 0.3) is 5.56 Å². The second-order valence-corrected chi connectivity index (χ2v) is 4.72. The average molecular weight is 273 g/mol. The summed E-state index contributed by atoms with van der Waals surface area (Å²) in [6.45, 7) is 3.94. The first-order chi connectivity index (χ1) is 9.67. The molecular weight excluding hydrogens is 254 g/mol. The maximum absolute atomic E-state index is 12.5. The van der Waals surface area contributed by atoms with Gasteiger partial charge in [-0.05, 0) is 25.0 Å². The standard InChI is InChI=1S/C15H19N3O2/c1-3-7-13-16-12-10-6-5-9-11(12)15(20)18(13)17-14(19)8-4-2/h5-6,9-10H,3-4,7-8H2,1-2H3,(H,17,19). The monoisotopic (exact) mass is 273 g/mol. The third-order valence-electron chi connectivity index (χ3n) is 3.03. The summed E-state index contributed by atoms with van der Waals surface area (Å²) < 4.78 is 1.30. The smallest absolute Gasteiger partial charge is 0.273 e. The number of nitrogens with one attached hydrogen (secondary N) is 1. The van der Waals surface area contributed by atoms with E-state index < -0.39 is 0 Å². The normalized spacial score (nSPS) is 10.7. The SMILES string of the molecule is CCCC(=O)Nn1c(CCC)nc2ccccc2c1=O. The number of benzene rings is 1. The Hall–Kier alpha value is -2.17. The third kappa shape index (κ3) is 2.87. The van der Waals surface area contributed by atoms with Gasteiger partial charge < -0.3 is 0 Å². The van der Waals surface area contributed by atoms with Gasteiger partial charge in [-0.15, -0.1) is 0 Å². The zero-order valence-electron chi connectivity index (χ0n) is 11.8. The summed E-state index contributed by atoms with van der Waals surface area (Å²) in [6, 6.07) is 7.19. The van der Waals surface area contributed by atoms with Gasteiger partial charge in [0.1, 0.15) is 5.82 Å². The Bertz CT molecular complexity index is 676. The quantitative estimate of drug-likeness (QED) is 0.908. The number of nitrogens with zero attached hydrogens (tertiary/aromatic N) is 2. The van der Waals surface area contributed by atoms with Crippen LogP contribution < -0.4 is 11.0 Å². The van der Waals surface area contributed by atoms with E-state index in [0.29, 0.717) is 29.6 Å². The van der Waals surface area contributed by atoms with Crippen molar-refractivity contribution in [3.63, 3.8) is 0 Å². The number of amides is 1. The minimum absolute atomic E-state index is 0.163. The third-order valence-corrected chi connectivity index (χ3v) is 3.03. The van der Waals surface area contributed by atoms with E-state index in [-0.39, 0.29) is 11.5 Å². The van der Waals surface area contributed by atoms with Gasteiger partial charge in [-0.25, -0.2) is 9.66 Å². The Morgan fingerprint density at radius 2 is 2.00 bits per heavy atom. The molecule has 0 atom stereocenters. The molecule has 0 bridgehead atoms. The molecule has 106 valence electrons. The molecule has 0 unspecified atom stereocenters. The molecule has 0 spiro atoms. The van der Waals surface area contributed by atoms with E-state index in [4.69, 9.17) is 0 Å². The topological polar surface area (TPSA) is 64.0 Å². The summed E-state index contributed by atoms with van der Waals surface area (Å²) in [4.78, 5) is 28.7. The van der Waals surface area contributed by atoms with Crippen molar-refractivity contribution in [3.8, 4) is 0 Å². The van der Waals surface area contributed by atoms with Crippen LogP contribution in [0.3, 0.4) is 0 Å². The van der Waals surface area contributed by atoms with Crippen molar-refractivity contribution in [2.75, 3.05) is 5.43 Å². The predicted molar refractivity (Wildman–Crippen MR) is 79.3 cm³/mol. The molecular formula is C15H19N3O2. The molecule has 2 rings (SSSR count). The number of aromatic nitrogens is 2. The molecule has 2 aromatic rings. The Morgan fingerprint density at radius 3 is 2.70 bits per heavy atom. The molecule has 0 saturated heterocycles. The molecule has 5 nitrogen and oxygen atoms in total. The summed E-state index contributed by atoms with van der Waals surface area (Å²) in [7, 11) is 0. The average Bonchev–Trinajstić information content (AvgIpc) is 2.44. The molecule has 0 radical (unpaired) electrons. The van der Waals surface area contributed by atoms with Gasteiger partial charge in [0, 0.05) is 12.8 Å². The number of carbonyl (C=O) groups excluding carboxylic acids is 1. The number of para-hydroxylation sites is 1. The lowest BCUT2D eigenvalue weighted by molar-refractivity contribution is -0.117. The van der Waals surface area contributed by atoms with Crippen LogP contribution in [0.2, 0.25) is 0 Å². The molecule has 0 aliphatic rings. The number of rotatable bonds is 5. The number of aryl methyl sites for hydroxylation is 1. The number of fused-ring (bicyclic) bond motifs is 1. The lowest BCUT2D eigenvalue weighted by atomic mass is 10.2. The number of hydrogen-bond donors (Lipinski definition) is 1. The highest BCUT2D eigenvalue weighted by Gasteiger charge is 2.12. The fraction of sp³-hybridized carbons (Fsp3) is 0.400. The molecule has 1 N–H and O–H groups in total. The minimum atomic E-state index is -0.219. The van der Waals surface area contributed by atoms with Crippen LogP contribution in [0.25, 0.3) is 10.9 Å². The van der Waals surface area contributed by atoms with E-state index in [9.17, 15) is 9.59 Å². The van der Waals surface area contributed by atoms with Gasteiger partial charge in [0.05, 0.1) is 10.9 Å². The maximum atomic E-state index is 12.5. The number of hydrogen-bond acceptors (Lipinski definition) is 3. The van der Waals surface area contributed by atoms with Crippen molar-refractivity contribution < 1.29 is 4.79 Å². The fourth-order valence-electron chi connectivity index (χ4n) is 2.09. The lowest BCUT2D eigenvalue weighted by Gasteiger charge is -2.13. The van der Waals surface area contributed by atoms with Gasteiger partial charge in [-0.2, -0.15) is 0 Å². The van der Waals surface area contributed by atoms with Gasteiger partial charge in [-0.3, -0.25) is 15.0 Å². The highest BCUT2D eigenvalue weighted by atomic mass is 16.2. The first-order valence-corrected chi connectivity index (χ1v) is 6.97. The van der Waals surface area contributed by atoms with Crippen molar-refractivity contribution in [2.24, 2.45) is 0 Å². The fourth-order valence-corrected chi connectivity index (χ4v) is 2.09. The molecule has 0 aliphatic carbocycles. The molecule has 1 aromatic carbocycles. The van der Waals surface area contributed by atoms with Crippen LogP contribution in [-0.2, 0) is 11.2 Å². The highest BCUT2D eigenvalue weighted by molar-refractivity contribution is 5.84. The Morgan fingerprint density at radius 1 is 1.25 bits per heavy atom. The summed E-state index contributed by atoms with van der Waals surface area (Å²) >= 11 is 0. The molecule has 1 aromatic heterocycles. The Balaban J connectivity index is 2.54. The van der Waals surface area contributed by atoms with Gasteiger partial charge in [0.15, 0.2) is 0 Å². The predicted octanol–water partition coefficient (Wildman–Crippen LogP) is 2.22. The zero-order valence-corrected chi connectivity index (χ0v) is 11.8. The van der Waals surface area contributed by atoms with E-state index in [1.54, 1.807) is 12.1 Å². The van der Waals surface area contributed by atoms with Gasteiger partial charge >= 0.3 is 0 Å². The largest absolute Gasteiger partial charge is 0.280 e. The van der Waals surface area contributed by atoms with Crippen molar-refractivity contribution in [2.45, 2.75) is 39.5 Å². The first kappa shape index (κ1) is 14.2. The Kier molecular flexibility index (Phi) is 4.50. The van der Waals surface area contributed by atoms with Crippen LogP contribution in [0, 0.1) is 0 Å². The molecule has 20 heavy (non-hydrogen) atoms. The second kappa shape index (κ2) is 6.32. The molecule has 0 aliphatic heterocycles. The van der Waals surface area contributed by atoms with E-state index >= 15 is 0 Å². The molecule has 1 heterocycles. The summed E-state index contributed by atoms with van der Waals surface area (Å²) in [5, 5.41) is 0.518. The molecule has 5 heteroatoms. The summed E-state index contributed by atoms with van der Waals surface area (Å²) in [5.74, 6) is 0.435. The minimum Gasteiger partial charge on any atom is -0.273 e. The summed E-state index contributed by atoms with van der Waals surface area (Å²) in [5.41, 5.74) is 3.11. The van der Waals surface area contributed by atoms with Crippen molar-refractivity contribution in [1.82, 2.24) is 9.66 Å². The molecule has 0 saturated carbocycles. The van der Waals surface area contributed by atoms with Crippen molar-refractivity contribution in [1.29, 1.82) is 0 Å².